The summed E-state index contributed by atoms with van der Waals surface area (Å²) in [5.74, 6) is 1.56. The largest absolute Gasteiger partial charge is 0.508 e. The van der Waals surface area contributed by atoms with Crippen LogP contribution in [0.1, 0.15) is 17.2 Å². The number of rotatable bonds is 3. The Labute approximate surface area is 128 Å². The minimum atomic E-state index is -0.374. The molecule has 1 aliphatic heterocycles. The lowest BCUT2D eigenvalue weighted by atomic mass is 10.0. The van der Waals surface area contributed by atoms with Crippen LogP contribution in [0.5, 0.6) is 28.7 Å². The fourth-order valence-corrected chi connectivity index (χ4v) is 2.51. The van der Waals surface area contributed by atoms with Crippen molar-refractivity contribution in [1.29, 1.82) is 0 Å². The summed E-state index contributed by atoms with van der Waals surface area (Å²) in [6, 6.07) is 8.20. The van der Waals surface area contributed by atoms with Gasteiger partial charge < -0.3 is 24.4 Å². The molecule has 1 aliphatic rings. The van der Waals surface area contributed by atoms with Crippen molar-refractivity contribution in [2.24, 2.45) is 0 Å². The first-order valence-corrected chi connectivity index (χ1v) is 6.75. The number of aromatic hydroxyl groups is 2. The quantitative estimate of drug-likeness (QED) is 0.910. The van der Waals surface area contributed by atoms with E-state index >= 15 is 0 Å². The molecule has 5 nitrogen and oxygen atoms in total. The van der Waals surface area contributed by atoms with Crippen molar-refractivity contribution in [2.75, 3.05) is 14.2 Å². The van der Waals surface area contributed by atoms with Crippen LogP contribution in [0.15, 0.2) is 36.4 Å². The van der Waals surface area contributed by atoms with Gasteiger partial charge in [0, 0.05) is 11.1 Å². The van der Waals surface area contributed by atoms with Gasteiger partial charge in [0.05, 0.1) is 14.2 Å². The van der Waals surface area contributed by atoms with Crippen molar-refractivity contribution < 1.29 is 24.4 Å². The van der Waals surface area contributed by atoms with Crippen molar-refractivity contribution in [2.45, 2.75) is 6.10 Å². The SMILES string of the molecule is COc1c(O)ccc(C2C=Cc3cc(O)ccc3O2)c1OC. The third-order valence-electron chi connectivity index (χ3n) is 3.53. The Balaban J connectivity index is 2.02. The normalized spacial score (nSPS) is 15.8. The molecule has 0 spiro atoms. The number of hydrogen-bond donors (Lipinski definition) is 2. The molecular formula is C17H16O5. The predicted molar refractivity (Wildman–Crippen MR) is 81.7 cm³/mol. The summed E-state index contributed by atoms with van der Waals surface area (Å²) < 4.78 is 16.5. The molecule has 2 aromatic rings. The van der Waals surface area contributed by atoms with E-state index in [0.717, 1.165) is 11.1 Å². The van der Waals surface area contributed by atoms with E-state index in [1.165, 1.54) is 14.2 Å². The van der Waals surface area contributed by atoms with Gasteiger partial charge in [-0.2, -0.15) is 0 Å². The first kappa shape index (κ1) is 14.1. The number of benzene rings is 2. The fourth-order valence-electron chi connectivity index (χ4n) is 2.51. The van der Waals surface area contributed by atoms with Crippen LogP contribution in [0.2, 0.25) is 0 Å². The van der Waals surface area contributed by atoms with Crippen molar-refractivity contribution >= 4 is 6.08 Å². The van der Waals surface area contributed by atoms with Gasteiger partial charge >= 0.3 is 0 Å². The maximum atomic E-state index is 9.84. The lowest BCUT2D eigenvalue weighted by molar-refractivity contribution is 0.241. The van der Waals surface area contributed by atoms with Gasteiger partial charge in [0.1, 0.15) is 17.6 Å². The van der Waals surface area contributed by atoms with E-state index in [1.54, 1.807) is 30.3 Å². The summed E-state index contributed by atoms with van der Waals surface area (Å²) in [7, 11) is 2.98. The molecule has 0 radical (unpaired) electrons. The molecule has 1 unspecified atom stereocenters. The van der Waals surface area contributed by atoms with Crippen LogP contribution in [0.3, 0.4) is 0 Å². The van der Waals surface area contributed by atoms with E-state index in [9.17, 15) is 10.2 Å². The monoisotopic (exact) mass is 300 g/mol. The molecule has 0 aliphatic carbocycles. The molecule has 2 aromatic carbocycles. The van der Waals surface area contributed by atoms with E-state index in [1.807, 2.05) is 12.2 Å². The third kappa shape index (κ3) is 2.30. The zero-order chi connectivity index (χ0) is 15.7. The Morgan fingerprint density at radius 3 is 2.50 bits per heavy atom. The average molecular weight is 300 g/mol. The predicted octanol–water partition coefficient (Wildman–Crippen LogP) is 3.26. The first-order chi connectivity index (χ1) is 10.6. The van der Waals surface area contributed by atoms with E-state index < -0.39 is 0 Å². The molecule has 22 heavy (non-hydrogen) atoms. The topological polar surface area (TPSA) is 68.2 Å². The van der Waals surface area contributed by atoms with Crippen molar-refractivity contribution in [3.05, 3.63) is 47.5 Å². The number of hydrogen-bond acceptors (Lipinski definition) is 5. The molecule has 0 saturated heterocycles. The minimum absolute atomic E-state index is 0.00760. The summed E-state index contributed by atoms with van der Waals surface area (Å²) >= 11 is 0. The van der Waals surface area contributed by atoms with Gasteiger partial charge in [-0.3, -0.25) is 0 Å². The van der Waals surface area contributed by atoms with Gasteiger partial charge in [0.2, 0.25) is 5.75 Å². The molecule has 1 atom stereocenters. The molecule has 1 heterocycles. The Kier molecular flexibility index (Phi) is 3.55. The minimum Gasteiger partial charge on any atom is -0.508 e. The van der Waals surface area contributed by atoms with Crippen LogP contribution in [-0.4, -0.2) is 24.4 Å². The lowest BCUT2D eigenvalue weighted by Gasteiger charge is -2.24. The number of methoxy groups -OCH3 is 2. The highest BCUT2D eigenvalue weighted by Crippen LogP contribution is 2.44. The van der Waals surface area contributed by atoms with Gasteiger partial charge in [-0.05, 0) is 36.4 Å². The standard InChI is InChI=1S/C17H16O5/c1-20-16-12(5-6-13(19)17(16)21-2)15-7-3-10-9-11(18)4-8-14(10)22-15/h3-9,15,18-19H,1-2H3. The zero-order valence-electron chi connectivity index (χ0n) is 12.2. The van der Waals surface area contributed by atoms with Crippen LogP contribution >= 0.6 is 0 Å². The van der Waals surface area contributed by atoms with E-state index in [4.69, 9.17) is 14.2 Å². The van der Waals surface area contributed by atoms with Crippen LogP contribution in [0.4, 0.5) is 0 Å². The van der Waals surface area contributed by atoms with Crippen LogP contribution in [-0.2, 0) is 0 Å². The molecule has 114 valence electrons. The Bertz CT molecular complexity index is 736. The second-order valence-corrected chi connectivity index (χ2v) is 4.86. The average Bonchev–Trinajstić information content (AvgIpc) is 2.54. The number of ether oxygens (including phenoxy) is 3. The van der Waals surface area contributed by atoms with Crippen LogP contribution < -0.4 is 14.2 Å². The maximum absolute atomic E-state index is 9.84. The summed E-state index contributed by atoms with van der Waals surface area (Å²) in [6.07, 6.45) is 3.36. The van der Waals surface area contributed by atoms with Gasteiger partial charge in [-0.25, -0.2) is 0 Å². The maximum Gasteiger partial charge on any atom is 0.203 e. The summed E-state index contributed by atoms with van der Waals surface area (Å²) in [5.41, 5.74) is 1.55. The molecule has 0 amide bonds. The molecule has 3 rings (SSSR count). The van der Waals surface area contributed by atoms with Crippen molar-refractivity contribution in [3.63, 3.8) is 0 Å². The van der Waals surface area contributed by atoms with Gasteiger partial charge in [0.15, 0.2) is 11.5 Å². The molecule has 5 heteroatoms. The molecule has 0 aromatic heterocycles. The Morgan fingerprint density at radius 1 is 1.00 bits per heavy atom. The second-order valence-electron chi connectivity index (χ2n) is 4.86. The van der Waals surface area contributed by atoms with Gasteiger partial charge in [-0.15, -0.1) is 0 Å². The summed E-state index contributed by atoms with van der Waals surface area (Å²) in [4.78, 5) is 0. The van der Waals surface area contributed by atoms with Crippen molar-refractivity contribution in [3.8, 4) is 28.7 Å². The zero-order valence-corrected chi connectivity index (χ0v) is 12.2. The Hall–Kier alpha value is -2.82. The third-order valence-corrected chi connectivity index (χ3v) is 3.53. The van der Waals surface area contributed by atoms with Crippen molar-refractivity contribution in [1.82, 2.24) is 0 Å². The smallest absolute Gasteiger partial charge is 0.203 e. The van der Waals surface area contributed by atoms with E-state index in [0.29, 0.717) is 11.5 Å². The summed E-state index contributed by atoms with van der Waals surface area (Å²) in [6.45, 7) is 0. The Morgan fingerprint density at radius 2 is 1.77 bits per heavy atom. The van der Waals surface area contributed by atoms with E-state index in [-0.39, 0.29) is 23.4 Å². The molecule has 0 fully saturated rings. The van der Waals surface area contributed by atoms with Crippen LogP contribution in [0, 0.1) is 0 Å². The number of phenols is 2. The molecular weight excluding hydrogens is 284 g/mol. The van der Waals surface area contributed by atoms with Gasteiger partial charge in [-0.1, -0.05) is 6.08 Å². The summed E-state index contributed by atoms with van der Waals surface area (Å²) in [5, 5.41) is 19.3. The van der Waals surface area contributed by atoms with Crippen LogP contribution in [0.25, 0.3) is 6.08 Å². The number of phenolic OH excluding ortho intramolecular Hbond substituents is 2. The van der Waals surface area contributed by atoms with Gasteiger partial charge in [0.25, 0.3) is 0 Å². The second kappa shape index (κ2) is 5.52. The fraction of sp³-hybridized carbons (Fsp3) is 0.176. The highest BCUT2D eigenvalue weighted by atomic mass is 16.5. The highest BCUT2D eigenvalue weighted by molar-refractivity contribution is 5.64. The molecule has 0 bridgehead atoms. The van der Waals surface area contributed by atoms with E-state index in [2.05, 4.69) is 0 Å². The molecule has 0 saturated carbocycles. The lowest BCUT2D eigenvalue weighted by Crippen LogP contribution is -2.10. The number of fused-ring (bicyclic) bond motifs is 1. The highest BCUT2D eigenvalue weighted by Gasteiger charge is 2.24. The molecule has 2 N–H and O–H groups in total. The first-order valence-electron chi connectivity index (χ1n) is 6.75.